The maximum absolute atomic E-state index is 11.7. The van der Waals surface area contributed by atoms with Crippen molar-refractivity contribution in [2.75, 3.05) is 6.54 Å². The highest BCUT2D eigenvalue weighted by molar-refractivity contribution is 5.90. The molecule has 18 heavy (non-hydrogen) atoms. The second-order valence-electron chi connectivity index (χ2n) is 5.91. The van der Waals surface area contributed by atoms with Gasteiger partial charge < -0.3 is 10.4 Å². The average molecular weight is 252 g/mol. The lowest BCUT2D eigenvalue weighted by atomic mass is 9.71. The Morgan fingerprint density at radius 2 is 2.11 bits per heavy atom. The summed E-state index contributed by atoms with van der Waals surface area (Å²) in [4.78, 5) is 15.4. The van der Waals surface area contributed by atoms with E-state index in [4.69, 9.17) is 0 Å². The quantitative estimate of drug-likeness (QED) is 0.744. The molecular weight excluding hydrogens is 232 g/mol. The monoisotopic (exact) mass is 252 g/mol. The van der Waals surface area contributed by atoms with Crippen molar-refractivity contribution in [1.82, 2.24) is 20.5 Å². The average Bonchev–Trinajstić information content (AvgIpc) is 2.85. The third kappa shape index (κ3) is 3.07. The predicted octanol–water partition coefficient (Wildman–Crippen LogP) is 0.866. The zero-order valence-electron chi connectivity index (χ0n) is 10.9. The van der Waals surface area contributed by atoms with E-state index in [0.717, 1.165) is 25.7 Å². The summed E-state index contributed by atoms with van der Waals surface area (Å²) in [5, 5.41) is 19.2. The normalized spacial score (nSPS) is 21.5. The highest BCUT2D eigenvalue weighted by Gasteiger charge is 2.36. The zero-order valence-corrected chi connectivity index (χ0v) is 10.9. The van der Waals surface area contributed by atoms with Crippen LogP contribution in [0, 0.1) is 5.41 Å². The fraction of sp³-hybridized carbons (Fsp3) is 0.750. The van der Waals surface area contributed by atoms with Gasteiger partial charge in [-0.25, -0.2) is 4.98 Å². The van der Waals surface area contributed by atoms with Gasteiger partial charge >= 0.3 is 0 Å². The third-order valence-electron chi connectivity index (χ3n) is 3.74. The fourth-order valence-electron chi connectivity index (χ4n) is 2.21. The maximum Gasteiger partial charge on any atom is 0.288 e. The molecule has 1 aliphatic rings. The Morgan fingerprint density at radius 3 is 2.67 bits per heavy atom. The number of carbonyl (C=O) groups is 1. The SMILES string of the molecule is CC1(C)CCC(O)(CNC(=O)c2ncn[nH]2)CC1. The number of H-pyrrole nitrogens is 1. The van der Waals surface area contributed by atoms with Crippen molar-refractivity contribution in [1.29, 1.82) is 0 Å². The first-order valence-electron chi connectivity index (χ1n) is 6.26. The van der Waals surface area contributed by atoms with Crippen LogP contribution in [0.4, 0.5) is 0 Å². The minimum atomic E-state index is -0.787. The number of nitrogens with zero attached hydrogens (tertiary/aromatic N) is 2. The number of hydrogen-bond donors (Lipinski definition) is 3. The molecule has 1 amide bonds. The summed E-state index contributed by atoms with van der Waals surface area (Å²) in [6, 6.07) is 0. The largest absolute Gasteiger partial charge is 0.388 e. The van der Waals surface area contributed by atoms with Gasteiger partial charge in [-0.15, -0.1) is 0 Å². The van der Waals surface area contributed by atoms with E-state index in [1.165, 1.54) is 6.33 Å². The Balaban J connectivity index is 1.85. The molecule has 0 aromatic carbocycles. The molecule has 0 bridgehead atoms. The Morgan fingerprint density at radius 1 is 1.44 bits per heavy atom. The molecule has 1 aliphatic carbocycles. The van der Waals surface area contributed by atoms with Crippen LogP contribution in [-0.4, -0.2) is 38.3 Å². The first kappa shape index (κ1) is 13.0. The van der Waals surface area contributed by atoms with Crippen LogP contribution in [0.1, 0.15) is 50.1 Å². The fourth-order valence-corrected chi connectivity index (χ4v) is 2.21. The van der Waals surface area contributed by atoms with Crippen LogP contribution < -0.4 is 5.32 Å². The van der Waals surface area contributed by atoms with E-state index >= 15 is 0 Å². The Labute approximate surface area is 106 Å². The van der Waals surface area contributed by atoms with Crippen LogP contribution >= 0.6 is 0 Å². The van der Waals surface area contributed by atoms with Gasteiger partial charge in [-0.3, -0.25) is 9.89 Å². The smallest absolute Gasteiger partial charge is 0.288 e. The number of carbonyl (C=O) groups excluding carboxylic acids is 1. The molecule has 0 spiro atoms. The number of aromatic amines is 1. The molecule has 1 saturated carbocycles. The Kier molecular flexibility index (Phi) is 3.38. The molecule has 0 radical (unpaired) electrons. The second-order valence-corrected chi connectivity index (χ2v) is 5.91. The molecule has 100 valence electrons. The number of aliphatic hydroxyl groups is 1. The van der Waals surface area contributed by atoms with Crippen LogP contribution in [0.5, 0.6) is 0 Å². The van der Waals surface area contributed by atoms with E-state index in [9.17, 15) is 9.90 Å². The van der Waals surface area contributed by atoms with Crippen LogP contribution in [0.25, 0.3) is 0 Å². The topological polar surface area (TPSA) is 90.9 Å². The van der Waals surface area contributed by atoms with Crippen molar-refractivity contribution in [3.05, 3.63) is 12.2 Å². The first-order valence-corrected chi connectivity index (χ1v) is 6.26. The van der Waals surface area contributed by atoms with Crippen molar-refractivity contribution in [3.8, 4) is 0 Å². The summed E-state index contributed by atoms with van der Waals surface area (Å²) >= 11 is 0. The van der Waals surface area contributed by atoms with Gasteiger partial charge in [0, 0.05) is 6.54 Å². The van der Waals surface area contributed by atoms with Gasteiger partial charge in [0.1, 0.15) is 6.33 Å². The van der Waals surface area contributed by atoms with E-state index in [0.29, 0.717) is 5.41 Å². The van der Waals surface area contributed by atoms with E-state index in [1.807, 2.05) is 0 Å². The molecule has 3 N–H and O–H groups in total. The van der Waals surface area contributed by atoms with Crippen LogP contribution in [-0.2, 0) is 0 Å². The van der Waals surface area contributed by atoms with Crippen molar-refractivity contribution < 1.29 is 9.90 Å². The first-order chi connectivity index (χ1) is 8.40. The molecule has 0 aliphatic heterocycles. The lowest BCUT2D eigenvalue weighted by Crippen LogP contribution is -2.46. The number of rotatable bonds is 3. The summed E-state index contributed by atoms with van der Waals surface area (Å²) < 4.78 is 0. The molecule has 1 aromatic heterocycles. The predicted molar refractivity (Wildman–Crippen MR) is 65.9 cm³/mol. The molecule has 0 atom stereocenters. The molecule has 0 unspecified atom stereocenters. The van der Waals surface area contributed by atoms with Crippen LogP contribution in [0.3, 0.4) is 0 Å². The Bertz CT molecular complexity index is 404. The van der Waals surface area contributed by atoms with Gasteiger partial charge in [0.15, 0.2) is 0 Å². The second kappa shape index (κ2) is 4.68. The summed E-state index contributed by atoms with van der Waals surface area (Å²) in [6.45, 7) is 4.68. The summed E-state index contributed by atoms with van der Waals surface area (Å²) in [5.74, 6) is -0.152. The Hall–Kier alpha value is -1.43. The standard InChI is InChI=1S/C12H20N4O2/c1-11(2)3-5-12(18,6-4-11)7-13-10(17)9-14-8-15-16-9/h8,18H,3-7H2,1-2H3,(H,13,17)(H,14,15,16). The lowest BCUT2D eigenvalue weighted by Gasteiger charge is -2.40. The molecule has 6 nitrogen and oxygen atoms in total. The van der Waals surface area contributed by atoms with E-state index in [2.05, 4.69) is 34.3 Å². The molecule has 6 heteroatoms. The highest BCUT2D eigenvalue weighted by Crippen LogP contribution is 2.39. The molecule has 2 rings (SSSR count). The van der Waals surface area contributed by atoms with Crippen LogP contribution in [0.2, 0.25) is 0 Å². The maximum atomic E-state index is 11.7. The highest BCUT2D eigenvalue weighted by atomic mass is 16.3. The molecule has 1 heterocycles. The molecule has 1 aromatic rings. The molecule has 1 fully saturated rings. The summed E-state index contributed by atoms with van der Waals surface area (Å²) in [7, 11) is 0. The van der Waals surface area contributed by atoms with E-state index in [-0.39, 0.29) is 18.3 Å². The molecular formula is C12H20N4O2. The van der Waals surface area contributed by atoms with Gasteiger partial charge in [-0.1, -0.05) is 13.8 Å². The number of hydrogen-bond acceptors (Lipinski definition) is 4. The zero-order chi connectivity index (χ0) is 13.2. The van der Waals surface area contributed by atoms with Crippen LogP contribution in [0.15, 0.2) is 6.33 Å². The minimum Gasteiger partial charge on any atom is -0.388 e. The van der Waals surface area contributed by atoms with E-state index < -0.39 is 5.60 Å². The van der Waals surface area contributed by atoms with E-state index in [1.54, 1.807) is 0 Å². The minimum absolute atomic E-state index is 0.176. The third-order valence-corrected chi connectivity index (χ3v) is 3.74. The summed E-state index contributed by atoms with van der Waals surface area (Å²) in [5.41, 5.74) is -0.494. The molecule has 0 saturated heterocycles. The van der Waals surface area contributed by atoms with Gasteiger partial charge in [0.05, 0.1) is 5.60 Å². The summed E-state index contributed by atoms with van der Waals surface area (Å²) in [6.07, 6.45) is 4.67. The van der Waals surface area contributed by atoms with Crippen molar-refractivity contribution in [2.24, 2.45) is 5.41 Å². The van der Waals surface area contributed by atoms with Gasteiger partial charge in [-0.05, 0) is 31.1 Å². The number of amides is 1. The van der Waals surface area contributed by atoms with Gasteiger partial charge in [-0.2, -0.15) is 5.10 Å². The van der Waals surface area contributed by atoms with Gasteiger partial charge in [0.25, 0.3) is 5.91 Å². The van der Waals surface area contributed by atoms with Crippen molar-refractivity contribution in [3.63, 3.8) is 0 Å². The van der Waals surface area contributed by atoms with Crippen molar-refractivity contribution in [2.45, 2.75) is 45.1 Å². The van der Waals surface area contributed by atoms with Crippen molar-refractivity contribution >= 4 is 5.91 Å². The number of aromatic nitrogens is 3. The lowest BCUT2D eigenvalue weighted by molar-refractivity contribution is -0.0233. The number of nitrogens with one attached hydrogen (secondary N) is 2. The van der Waals surface area contributed by atoms with Gasteiger partial charge in [0.2, 0.25) is 5.82 Å².